The Morgan fingerprint density at radius 2 is 2.05 bits per heavy atom. The van der Waals surface area contributed by atoms with Gasteiger partial charge in [-0.05, 0) is 51.1 Å². The lowest BCUT2D eigenvalue weighted by Crippen LogP contribution is -2.32. The number of likely N-dealkylation sites (tertiary alicyclic amines) is 1. The number of anilines is 1. The minimum absolute atomic E-state index is 0.0949. The van der Waals surface area contributed by atoms with E-state index in [1.165, 1.54) is 31.9 Å². The summed E-state index contributed by atoms with van der Waals surface area (Å²) in [5.41, 5.74) is 1.28. The topological polar surface area (TPSA) is 23.6 Å². The molecule has 1 saturated heterocycles. The van der Waals surface area contributed by atoms with Crippen LogP contribution in [0.5, 0.6) is 0 Å². The zero-order valence-electron chi connectivity index (χ0n) is 11.7. The molecule has 2 rings (SSSR count). The third-order valence-corrected chi connectivity index (χ3v) is 3.70. The van der Waals surface area contributed by atoms with Crippen molar-refractivity contribution in [2.75, 3.05) is 38.1 Å². The Bertz CT molecular complexity index is 455. The van der Waals surface area contributed by atoms with Gasteiger partial charge in [-0.25, -0.2) is 4.39 Å². The summed E-state index contributed by atoms with van der Waals surface area (Å²) in [6.07, 6.45) is 2.55. The third-order valence-electron chi connectivity index (χ3n) is 3.70. The number of ketones is 1. The molecule has 0 spiro atoms. The number of carbonyl (C=O) groups excluding carboxylic acids is 1. The van der Waals surface area contributed by atoms with Crippen molar-refractivity contribution in [2.45, 2.75) is 19.8 Å². The molecule has 1 fully saturated rings. The molecule has 1 aromatic carbocycles. The predicted octanol–water partition coefficient (Wildman–Crippen LogP) is 2.56. The fourth-order valence-electron chi connectivity index (χ4n) is 2.54. The minimum Gasteiger partial charge on any atom is -0.373 e. The predicted molar refractivity (Wildman–Crippen MR) is 75.3 cm³/mol. The number of carbonyl (C=O) groups is 1. The van der Waals surface area contributed by atoms with Crippen molar-refractivity contribution >= 4 is 11.5 Å². The number of likely N-dealkylation sites (N-methyl/N-ethyl adjacent to an activating group) is 1. The number of hydrogen-bond acceptors (Lipinski definition) is 3. The Kier molecular flexibility index (Phi) is 4.53. The molecular formula is C15H21FN2O. The standard InChI is InChI=1S/C15H21FN2O/c1-12(19)14-11-13(16)5-6-15(14)17(2)9-10-18-7-3-4-8-18/h5-6,11H,3-4,7-10H2,1-2H3. The van der Waals surface area contributed by atoms with Crippen LogP contribution in [0.25, 0.3) is 0 Å². The minimum atomic E-state index is -0.359. The van der Waals surface area contributed by atoms with Gasteiger partial charge in [0.2, 0.25) is 0 Å². The van der Waals surface area contributed by atoms with Crippen LogP contribution < -0.4 is 4.90 Å². The Morgan fingerprint density at radius 1 is 1.37 bits per heavy atom. The number of halogens is 1. The molecule has 1 aliphatic heterocycles. The lowest BCUT2D eigenvalue weighted by Gasteiger charge is -2.24. The van der Waals surface area contributed by atoms with Crippen LogP contribution in [0.2, 0.25) is 0 Å². The SMILES string of the molecule is CC(=O)c1cc(F)ccc1N(C)CCN1CCCC1. The number of hydrogen-bond donors (Lipinski definition) is 0. The molecule has 4 heteroatoms. The van der Waals surface area contributed by atoms with E-state index in [1.807, 2.05) is 11.9 Å². The molecule has 0 radical (unpaired) electrons. The maximum atomic E-state index is 13.2. The molecule has 1 aromatic rings. The molecule has 1 aliphatic rings. The van der Waals surface area contributed by atoms with E-state index in [9.17, 15) is 9.18 Å². The van der Waals surface area contributed by atoms with E-state index in [-0.39, 0.29) is 11.6 Å². The van der Waals surface area contributed by atoms with Gasteiger partial charge in [-0.1, -0.05) is 0 Å². The van der Waals surface area contributed by atoms with Crippen molar-refractivity contribution < 1.29 is 9.18 Å². The van der Waals surface area contributed by atoms with E-state index < -0.39 is 0 Å². The maximum Gasteiger partial charge on any atom is 0.161 e. The van der Waals surface area contributed by atoms with Crippen LogP contribution in [0.1, 0.15) is 30.1 Å². The van der Waals surface area contributed by atoms with Gasteiger partial charge >= 0.3 is 0 Å². The molecule has 0 aromatic heterocycles. The first-order chi connectivity index (χ1) is 9.08. The highest BCUT2D eigenvalue weighted by Gasteiger charge is 2.15. The molecule has 19 heavy (non-hydrogen) atoms. The zero-order chi connectivity index (χ0) is 13.8. The highest BCUT2D eigenvalue weighted by atomic mass is 19.1. The third kappa shape index (κ3) is 3.53. The second-order valence-electron chi connectivity index (χ2n) is 5.19. The molecule has 0 N–H and O–H groups in total. The van der Waals surface area contributed by atoms with E-state index in [4.69, 9.17) is 0 Å². The highest BCUT2D eigenvalue weighted by molar-refractivity contribution is 5.99. The normalized spacial score (nSPS) is 15.7. The fourth-order valence-corrected chi connectivity index (χ4v) is 2.54. The molecule has 0 amide bonds. The van der Waals surface area contributed by atoms with E-state index in [0.29, 0.717) is 5.56 Å². The summed E-state index contributed by atoms with van der Waals surface area (Å²) in [6, 6.07) is 4.42. The van der Waals surface area contributed by atoms with Crippen LogP contribution in [0.4, 0.5) is 10.1 Å². The monoisotopic (exact) mass is 264 g/mol. The molecule has 0 unspecified atom stereocenters. The lowest BCUT2D eigenvalue weighted by molar-refractivity contribution is 0.101. The Balaban J connectivity index is 2.05. The molecule has 0 saturated carbocycles. The van der Waals surface area contributed by atoms with Crippen LogP contribution in [0.15, 0.2) is 18.2 Å². The largest absolute Gasteiger partial charge is 0.373 e. The van der Waals surface area contributed by atoms with Gasteiger partial charge in [-0.2, -0.15) is 0 Å². The highest BCUT2D eigenvalue weighted by Crippen LogP contribution is 2.21. The van der Waals surface area contributed by atoms with Gasteiger partial charge < -0.3 is 9.80 Å². The van der Waals surface area contributed by atoms with Gasteiger partial charge in [0.25, 0.3) is 0 Å². The van der Waals surface area contributed by atoms with Crippen molar-refractivity contribution in [3.05, 3.63) is 29.6 Å². The maximum absolute atomic E-state index is 13.2. The van der Waals surface area contributed by atoms with Gasteiger partial charge in [-0.15, -0.1) is 0 Å². The summed E-state index contributed by atoms with van der Waals surface area (Å²) in [5.74, 6) is -0.454. The molecular weight excluding hydrogens is 243 g/mol. The van der Waals surface area contributed by atoms with Crippen molar-refractivity contribution in [3.63, 3.8) is 0 Å². The Morgan fingerprint density at radius 3 is 2.68 bits per heavy atom. The van der Waals surface area contributed by atoms with Crippen LogP contribution in [0, 0.1) is 5.82 Å². The fraction of sp³-hybridized carbons (Fsp3) is 0.533. The average Bonchev–Trinajstić information content (AvgIpc) is 2.88. The second kappa shape index (κ2) is 6.15. The van der Waals surface area contributed by atoms with Gasteiger partial charge in [0.1, 0.15) is 5.82 Å². The van der Waals surface area contributed by atoms with Gasteiger partial charge in [0.05, 0.1) is 0 Å². The summed E-state index contributed by atoms with van der Waals surface area (Å²) < 4.78 is 13.2. The zero-order valence-corrected chi connectivity index (χ0v) is 11.7. The van der Waals surface area contributed by atoms with E-state index in [0.717, 1.165) is 31.9 Å². The average molecular weight is 264 g/mol. The van der Waals surface area contributed by atoms with Crippen molar-refractivity contribution in [2.24, 2.45) is 0 Å². The lowest BCUT2D eigenvalue weighted by atomic mass is 10.1. The number of nitrogens with zero attached hydrogens (tertiary/aromatic N) is 2. The quantitative estimate of drug-likeness (QED) is 0.764. The summed E-state index contributed by atoms with van der Waals surface area (Å²) in [6.45, 7) is 5.65. The number of Topliss-reactive ketones (excluding diaryl/α,β-unsaturated/α-hetero) is 1. The van der Waals surface area contributed by atoms with Crippen molar-refractivity contribution in [1.82, 2.24) is 4.90 Å². The van der Waals surface area contributed by atoms with Crippen molar-refractivity contribution in [1.29, 1.82) is 0 Å². The summed E-state index contributed by atoms with van der Waals surface area (Å²) in [5, 5.41) is 0. The summed E-state index contributed by atoms with van der Waals surface area (Å²) in [4.78, 5) is 16.0. The van der Waals surface area contributed by atoms with Gasteiger partial charge in [0, 0.05) is 31.4 Å². The number of benzene rings is 1. The summed E-state index contributed by atoms with van der Waals surface area (Å²) in [7, 11) is 1.95. The molecule has 0 aliphatic carbocycles. The van der Waals surface area contributed by atoms with Gasteiger partial charge in [0.15, 0.2) is 5.78 Å². The first kappa shape index (κ1) is 14.0. The molecule has 3 nitrogen and oxygen atoms in total. The van der Waals surface area contributed by atoms with Crippen molar-refractivity contribution in [3.8, 4) is 0 Å². The Labute approximate surface area is 114 Å². The smallest absolute Gasteiger partial charge is 0.161 e. The van der Waals surface area contributed by atoms with Crippen LogP contribution in [0.3, 0.4) is 0 Å². The Hall–Kier alpha value is -1.42. The first-order valence-corrected chi connectivity index (χ1v) is 6.82. The van der Waals surface area contributed by atoms with E-state index >= 15 is 0 Å². The molecule has 0 bridgehead atoms. The second-order valence-corrected chi connectivity index (χ2v) is 5.19. The number of rotatable bonds is 5. The molecule has 0 atom stereocenters. The van der Waals surface area contributed by atoms with Gasteiger partial charge in [-0.3, -0.25) is 4.79 Å². The molecule has 104 valence electrons. The van der Waals surface area contributed by atoms with Crippen LogP contribution in [-0.2, 0) is 0 Å². The van der Waals surface area contributed by atoms with Crippen LogP contribution >= 0.6 is 0 Å². The van der Waals surface area contributed by atoms with E-state index in [1.54, 1.807) is 6.07 Å². The van der Waals surface area contributed by atoms with E-state index in [2.05, 4.69) is 4.90 Å². The molecule has 1 heterocycles. The first-order valence-electron chi connectivity index (χ1n) is 6.82. The van der Waals surface area contributed by atoms with Crippen LogP contribution in [-0.4, -0.2) is 43.9 Å². The summed E-state index contributed by atoms with van der Waals surface area (Å²) >= 11 is 0.